The third-order valence-electron chi connectivity index (χ3n) is 16.2. The second kappa shape index (κ2) is 71.4. The van der Waals surface area contributed by atoms with E-state index in [0.717, 1.165) is 116 Å². The highest BCUT2D eigenvalue weighted by molar-refractivity contribution is 7.45. The maximum absolute atomic E-state index is 12.9. The molecule has 0 N–H and O–H groups in total. The average Bonchev–Trinajstić information content (AvgIpc) is 2.23. The normalized spacial score (nSPS) is 13.8. The highest BCUT2D eigenvalue weighted by atomic mass is 31.2. The van der Waals surface area contributed by atoms with Crippen LogP contribution in [0.2, 0.25) is 0 Å². The minimum absolute atomic E-state index is 0.0403. The Morgan fingerprint density at radius 2 is 0.620 bits per heavy atom. The van der Waals surface area contributed by atoms with Gasteiger partial charge in [-0.15, -0.1) is 0 Å². The van der Waals surface area contributed by atoms with Gasteiger partial charge in [0.2, 0.25) is 0 Å². The molecule has 92 heavy (non-hydrogen) atoms. The molecule has 10 heteroatoms. The van der Waals surface area contributed by atoms with E-state index in [2.05, 4.69) is 148 Å². The maximum Gasteiger partial charge on any atom is 0.306 e. The maximum atomic E-state index is 12.9. The first-order valence-electron chi connectivity index (χ1n) is 37.9. The molecule has 0 saturated carbocycles. The predicted octanol–water partition coefficient (Wildman–Crippen LogP) is 24.5. The summed E-state index contributed by atoms with van der Waals surface area (Å²) in [6, 6.07) is 0. The van der Waals surface area contributed by atoms with Crippen molar-refractivity contribution in [3.63, 3.8) is 0 Å². The number of nitrogens with zero attached hydrogens (tertiary/aromatic N) is 1. The molecule has 0 spiro atoms. The fourth-order valence-corrected chi connectivity index (χ4v) is 11.1. The first-order valence-corrected chi connectivity index (χ1v) is 39.4. The van der Waals surface area contributed by atoms with Gasteiger partial charge < -0.3 is 27.9 Å². The molecule has 0 aliphatic rings. The molecule has 528 valence electrons. The summed E-state index contributed by atoms with van der Waals surface area (Å²) in [6.07, 6.45) is 104. The zero-order chi connectivity index (χ0) is 66.9. The van der Waals surface area contributed by atoms with Crippen LogP contribution in [-0.4, -0.2) is 70.0 Å². The number of hydrogen-bond acceptors (Lipinski definition) is 8. The van der Waals surface area contributed by atoms with Crippen molar-refractivity contribution in [3.05, 3.63) is 134 Å². The van der Waals surface area contributed by atoms with Gasteiger partial charge in [0.15, 0.2) is 6.10 Å². The molecule has 2 atom stereocenters. The summed E-state index contributed by atoms with van der Waals surface area (Å²) in [6.45, 7) is 4.11. The number of esters is 2. The molecule has 2 unspecified atom stereocenters. The first kappa shape index (κ1) is 88.2. The van der Waals surface area contributed by atoms with Gasteiger partial charge in [0.1, 0.15) is 19.8 Å². The molecule has 0 aromatic heterocycles. The Morgan fingerprint density at radius 3 is 0.924 bits per heavy atom. The monoisotopic (exact) mass is 1300 g/mol. The number of carbonyl (C=O) groups is 2. The Kier molecular flexibility index (Phi) is 68.5. The van der Waals surface area contributed by atoms with E-state index >= 15 is 0 Å². The van der Waals surface area contributed by atoms with Crippen molar-refractivity contribution >= 4 is 19.8 Å². The summed E-state index contributed by atoms with van der Waals surface area (Å²) in [7, 11) is 1.15. The lowest BCUT2D eigenvalue weighted by molar-refractivity contribution is -0.870. The zero-order valence-electron chi connectivity index (χ0n) is 60.2. The predicted molar refractivity (Wildman–Crippen MR) is 397 cm³/mol. The van der Waals surface area contributed by atoms with Crippen LogP contribution in [0, 0.1) is 0 Å². The molecule has 0 heterocycles. The van der Waals surface area contributed by atoms with E-state index in [4.69, 9.17) is 18.5 Å². The van der Waals surface area contributed by atoms with Crippen molar-refractivity contribution in [1.29, 1.82) is 0 Å². The quantitative estimate of drug-likeness (QED) is 0.0195. The molecule has 0 fully saturated rings. The Hall–Kier alpha value is -3.85. The van der Waals surface area contributed by atoms with Crippen LogP contribution in [0.1, 0.15) is 322 Å². The van der Waals surface area contributed by atoms with Crippen molar-refractivity contribution in [2.45, 2.75) is 328 Å². The lowest BCUT2D eigenvalue weighted by Crippen LogP contribution is -2.37. The molecule has 0 amide bonds. The number of carbonyl (C=O) groups excluding carboxylic acids is 2. The minimum atomic E-state index is -4.66. The second-order valence-corrected chi connectivity index (χ2v) is 27.7. The van der Waals surface area contributed by atoms with E-state index in [9.17, 15) is 19.0 Å². The van der Waals surface area contributed by atoms with Gasteiger partial charge in [-0.05, 0) is 116 Å². The molecule has 0 radical (unpaired) electrons. The van der Waals surface area contributed by atoms with Crippen LogP contribution < -0.4 is 4.89 Å². The van der Waals surface area contributed by atoms with Gasteiger partial charge in [-0.25, -0.2) is 0 Å². The number of phosphoric ester groups is 1. The molecule has 0 aliphatic carbocycles. The van der Waals surface area contributed by atoms with E-state index in [-0.39, 0.29) is 32.0 Å². The average molecular weight is 1300 g/mol. The Balaban J connectivity index is 4.06. The number of phosphoric acid groups is 1. The van der Waals surface area contributed by atoms with Crippen LogP contribution >= 0.6 is 7.82 Å². The number of unbranched alkanes of at least 4 members (excludes halogenated alkanes) is 33. The van der Waals surface area contributed by atoms with Gasteiger partial charge in [-0.3, -0.25) is 14.2 Å². The SMILES string of the molecule is CC/C=C\C/C=C\C/C=C\C/C=C\C/C=C\C/C=C\C/C=C\C/C=C\C/C=C\CCCCCCCC(=O)OC(COC(=O)CCCCCCCCCCCCCCCCCCCCCCCCC/C=C\C/C=C\CCCCCCC)COP(=O)([O-])OCC[N+](C)(C)C. The zero-order valence-corrected chi connectivity index (χ0v) is 61.1. The van der Waals surface area contributed by atoms with Crippen LogP contribution in [0.5, 0.6) is 0 Å². The van der Waals surface area contributed by atoms with Gasteiger partial charge in [-0.1, -0.05) is 327 Å². The minimum Gasteiger partial charge on any atom is -0.756 e. The number of rotatable bonds is 69. The van der Waals surface area contributed by atoms with Crippen LogP contribution in [0.25, 0.3) is 0 Å². The Morgan fingerprint density at radius 1 is 0.348 bits per heavy atom. The van der Waals surface area contributed by atoms with Crippen molar-refractivity contribution in [2.75, 3.05) is 47.5 Å². The highest BCUT2D eigenvalue weighted by Crippen LogP contribution is 2.38. The van der Waals surface area contributed by atoms with Gasteiger partial charge >= 0.3 is 11.9 Å². The molecule has 0 aromatic carbocycles. The molecule has 0 saturated heterocycles. The molecular weight excluding hydrogens is 1160 g/mol. The molecule has 0 aromatic rings. The summed E-state index contributed by atoms with van der Waals surface area (Å²) in [5.74, 6) is -0.853. The van der Waals surface area contributed by atoms with Gasteiger partial charge in [0.25, 0.3) is 7.82 Å². The highest BCUT2D eigenvalue weighted by Gasteiger charge is 2.22. The smallest absolute Gasteiger partial charge is 0.306 e. The van der Waals surface area contributed by atoms with E-state index in [1.54, 1.807) is 0 Å². The summed E-state index contributed by atoms with van der Waals surface area (Å²) < 4.78 is 34.3. The number of ether oxygens (including phenoxy) is 2. The summed E-state index contributed by atoms with van der Waals surface area (Å²) in [5.41, 5.74) is 0. The topological polar surface area (TPSA) is 111 Å². The van der Waals surface area contributed by atoms with Crippen molar-refractivity contribution < 1.29 is 42.1 Å². The van der Waals surface area contributed by atoms with E-state index in [0.29, 0.717) is 17.4 Å². The molecule has 0 rings (SSSR count). The molecule has 0 aliphatic heterocycles. The number of likely N-dealkylation sites (N-methyl/N-ethyl adjacent to an activating group) is 1. The fourth-order valence-electron chi connectivity index (χ4n) is 10.4. The van der Waals surface area contributed by atoms with Gasteiger partial charge in [0.05, 0.1) is 27.7 Å². The third-order valence-corrected chi connectivity index (χ3v) is 17.1. The van der Waals surface area contributed by atoms with Crippen molar-refractivity contribution in [1.82, 2.24) is 0 Å². The van der Waals surface area contributed by atoms with Gasteiger partial charge in [-0.2, -0.15) is 0 Å². The van der Waals surface area contributed by atoms with Crippen LogP contribution in [-0.2, 0) is 32.7 Å². The van der Waals surface area contributed by atoms with Gasteiger partial charge in [0, 0.05) is 12.8 Å². The van der Waals surface area contributed by atoms with E-state index < -0.39 is 26.5 Å². The van der Waals surface area contributed by atoms with Crippen LogP contribution in [0.3, 0.4) is 0 Å². The summed E-state index contributed by atoms with van der Waals surface area (Å²) >= 11 is 0. The lowest BCUT2D eigenvalue weighted by atomic mass is 10.0. The number of quaternary nitrogens is 1. The lowest BCUT2D eigenvalue weighted by Gasteiger charge is -2.28. The number of allylic oxidation sites excluding steroid dienone is 22. The standard InChI is InChI=1S/C82H142NO8P/c1-6-8-10-12-14-16-18-20-22-24-26-28-30-32-34-36-38-40-41-43-44-46-48-50-52-54-56-58-60-62-64-66-68-70-72-74-81(84)88-78-80(79-90-92(86,87)89-77-76-83(3,4)5)91-82(85)75-73-71-69-67-65-63-61-59-57-55-53-51-49-47-45-42-39-37-35-33-31-29-27-25-23-21-19-17-15-13-11-9-7-2/h9,11,15,17-18,20-21,23-24,26-27,29,33,35,39,42,47,49,53,55,59,61,80H,6-8,10,12-14,16,19,22,25,28,30-32,34,36-38,40-41,43-46,48,50-52,54,56-58,60,62-79H2,1-5H3/b11-9-,17-15-,20-18-,23-21-,26-24-,29-27-,35-33-,42-39-,49-47-,55-53-,61-59-. The largest absolute Gasteiger partial charge is 0.756 e. The first-order chi connectivity index (χ1) is 45.0. The van der Waals surface area contributed by atoms with Crippen molar-refractivity contribution in [2.24, 2.45) is 0 Å². The Bertz CT molecular complexity index is 2020. The Labute approximate surface area is 568 Å². The van der Waals surface area contributed by atoms with E-state index in [1.807, 2.05) is 21.1 Å². The molecule has 0 bridgehead atoms. The summed E-state index contributed by atoms with van der Waals surface area (Å²) in [5, 5.41) is 0. The molecule has 9 nitrogen and oxygen atoms in total. The van der Waals surface area contributed by atoms with Crippen LogP contribution in [0.15, 0.2) is 134 Å². The summed E-state index contributed by atoms with van der Waals surface area (Å²) in [4.78, 5) is 38.1. The van der Waals surface area contributed by atoms with Crippen molar-refractivity contribution in [3.8, 4) is 0 Å². The fraction of sp³-hybridized carbons (Fsp3) is 0.707. The number of hydrogen-bond donors (Lipinski definition) is 0. The second-order valence-electron chi connectivity index (χ2n) is 26.3. The van der Waals surface area contributed by atoms with Crippen LogP contribution in [0.4, 0.5) is 0 Å². The molecular formula is C82H142NO8P. The third kappa shape index (κ3) is 75.2. The van der Waals surface area contributed by atoms with E-state index in [1.165, 1.54) is 173 Å².